The van der Waals surface area contributed by atoms with Gasteiger partial charge in [0.2, 0.25) is 0 Å². The first kappa shape index (κ1) is 17.1. The highest BCUT2D eigenvalue weighted by atomic mass is 32.1. The third kappa shape index (κ3) is 6.77. The summed E-state index contributed by atoms with van der Waals surface area (Å²) >= 11 is 9.36. The number of hydrogen-bond donors (Lipinski definition) is 3. The van der Waals surface area contributed by atoms with E-state index in [9.17, 15) is 0 Å². The fraction of sp³-hybridized carbons (Fsp3) is 0.700. The number of thiocarbonyl (C=S) groups is 1. The molecule has 0 fully saturated rings. The molecule has 0 aromatic rings. The van der Waals surface area contributed by atoms with Crippen LogP contribution in [0.4, 0.5) is 0 Å². The topological polar surface area (TPSA) is 55.3 Å². The van der Waals surface area contributed by atoms with Gasteiger partial charge in [-0.25, -0.2) is 0 Å². The van der Waals surface area contributed by atoms with E-state index in [-0.39, 0.29) is 5.50 Å². The van der Waals surface area contributed by atoms with Crippen LogP contribution in [0.1, 0.15) is 13.8 Å². The van der Waals surface area contributed by atoms with E-state index >= 15 is 0 Å². The Morgan fingerprint density at radius 2 is 1.61 bits per heavy atom. The van der Waals surface area contributed by atoms with Gasteiger partial charge in [-0.15, -0.1) is 12.6 Å². The van der Waals surface area contributed by atoms with Gasteiger partial charge in [0.1, 0.15) is 5.50 Å². The molecule has 1 atom stereocenters. The quantitative estimate of drug-likeness (QED) is 0.227. The highest BCUT2D eigenvalue weighted by molar-refractivity contribution is 7.80. The van der Waals surface area contributed by atoms with Crippen LogP contribution in [0.15, 0.2) is 10.2 Å². The zero-order chi connectivity index (χ0) is 14.3. The molecule has 1 unspecified atom stereocenters. The molecular formula is C10H22N6S2. The van der Waals surface area contributed by atoms with Crippen LogP contribution in [-0.2, 0) is 0 Å². The van der Waals surface area contributed by atoms with Crippen molar-refractivity contribution in [1.29, 1.82) is 0 Å². The van der Waals surface area contributed by atoms with E-state index in [1.54, 1.807) is 4.90 Å². The van der Waals surface area contributed by atoms with Crippen LogP contribution < -0.4 is 10.9 Å². The molecule has 0 saturated carbocycles. The fourth-order valence-corrected chi connectivity index (χ4v) is 0.767. The Kier molecular flexibility index (Phi) is 7.88. The summed E-state index contributed by atoms with van der Waals surface area (Å²) < 4.78 is 0. The van der Waals surface area contributed by atoms with E-state index in [0.29, 0.717) is 5.11 Å². The minimum atomic E-state index is -0.136. The van der Waals surface area contributed by atoms with Crippen LogP contribution in [0, 0.1) is 0 Å². The zero-order valence-electron chi connectivity index (χ0n) is 11.7. The Labute approximate surface area is 120 Å². The summed E-state index contributed by atoms with van der Waals surface area (Å²) in [6.45, 7) is 3.72. The molecule has 8 heteroatoms. The number of nitrogens with one attached hydrogen (secondary N) is 2. The van der Waals surface area contributed by atoms with Crippen LogP contribution in [0.25, 0.3) is 0 Å². The van der Waals surface area contributed by atoms with Gasteiger partial charge in [0.05, 0.1) is 11.4 Å². The van der Waals surface area contributed by atoms with Gasteiger partial charge < -0.3 is 4.90 Å². The van der Waals surface area contributed by atoms with Gasteiger partial charge in [0.15, 0.2) is 5.11 Å². The summed E-state index contributed by atoms with van der Waals surface area (Å²) in [7, 11) is 7.53. The van der Waals surface area contributed by atoms with E-state index in [0.717, 1.165) is 11.4 Å². The molecule has 0 bridgehead atoms. The van der Waals surface area contributed by atoms with E-state index in [1.807, 2.05) is 46.9 Å². The molecule has 0 rings (SSSR count). The van der Waals surface area contributed by atoms with E-state index in [2.05, 4.69) is 33.7 Å². The third-order valence-electron chi connectivity index (χ3n) is 2.09. The summed E-state index contributed by atoms with van der Waals surface area (Å²) in [5.41, 5.74) is 7.07. The third-order valence-corrected chi connectivity index (χ3v) is 3.12. The van der Waals surface area contributed by atoms with Gasteiger partial charge in [0, 0.05) is 14.1 Å². The van der Waals surface area contributed by atoms with Gasteiger partial charge in [-0.2, -0.15) is 10.2 Å². The Balaban J connectivity index is 4.40. The molecule has 0 aliphatic rings. The van der Waals surface area contributed by atoms with Crippen LogP contribution in [0.2, 0.25) is 0 Å². The fourth-order valence-electron chi connectivity index (χ4n) is 0.664. The first-order valence-electron chi connectivity index (χ1n) is 5.42. The largest absolute Gasteiger partial charge is 0.354 e. The van der Waals surface area contributed by atoms with Crippen LogP contribution in [0.3, 0.4) is 0 Å². The van der Waals surface area contributed by atoms with Gasteiger partial charge in [-0.3, -0.25) is 15.8 Å². The lowest BCUT2D eigenvalue weighted by Crippen LogP contribution is -2.35. The Hall–Kier alpha value is -0.860. The maximum Gasteiger partial charge on any atom is 0.189 e. The van der Waals surface area contributed by atoms with Gasteiger partial charge in [0.25, 0.3) is 0 Å². The van der Waals surface area contributed by atoms with Crippen LogP contribution >= 0.6 is 24.8 Å². The number of rotatable bonds is 5. The molecule has 104 valence electrons. The lowest BCUT2D eigenvalue weighted by Gasteiger charge is -2.18. The molecule has 0 aliphatic carbocycles. The van der Waals surface area contributed by atoms with Crippen molar-refractivity contribution >= 4 is 41.4 Å². The normalized spacial score (nSPS) is 14.4. The second kappa shape index (κ2) is 8.28. The molecule has 2 N–H and O–H groups in total. The van der Waals surface area contributed by atoms with E-state index < -0.39 is 0 Å². The smallest absolute Gasteiger partial charge is 0.189 e. The molecule has 0 aromatic carbocycles. The maximum atomic E-state index is 5.06. The SMILES string of the molecule is CC(=N\NC(=S)N(C)C)/C(C)=N/NC(S)N(C)C. The monoisotopic (exact) mass is 290 g/mol. The maximum absolute atomic E-state index is 5.06. The molecule has 0 amide bonds. The Morgan fingerprint density at radius 3 is 2.06 bits per heavy atom. The lowest BCUT2D eigenvalue weighted by molar-refractivity contribution is 0.342. The van der Waals surface area contributed by atoms with Crippen molar-refractivity contribution in [3.63, 3.8) is 0 Å². The van der Waals surface area contributed by atoms with Gasteiger partial charge in [-0.1, -0.05) is 0 Å². The molecule has 0 radical (unpaired) electrons. The number of thiol groups is 1. The summed E-state index contributed by atoms with van der Waals surface area (Å²) in [5, 5.41) is 8.88. The second-order valence-corrected chi connectivity index (χ2v) is 5.05. The Bertz CT molecular complexity index is 337. The predicted octanol–water partition coefficient (Wildman–Crippen LogP) is 0.539. The average molecular weight is 290 g/mol. The van der Waals surface area contributed by atoms with Crippen LogP contribution in [-0.4, -0.2) is 60.0 Å². The van der Waals surface area contributed by atoms with Crippen molar-refractivity contribution < 1.29 is 0 Å². The van der Waals surface area contributed by atoms with Crippen molar-refractivity contribution in [2.75, 3.05) is 28.2 Å². The minimum Gasteiger partial charge on any atom is -0.354 e. The average Bonchev–Trinajstić information content (AvgIpc) is 2.31. The molecule has 0 aliphatic heterocycles. The van der Waals surface area contributed by atoms with Crippen molar-refractivity contribution in [3.05, 3.63) is 0 Å². The highest BCUT2D eigenvalue weighted by Crippen LogP contribution is 1.93. The van der Waals surface area contributed by atoms with Crippen molar-refractivity contribution in [2.45, 2.75) is 19.3 Å². The summed E-state index contributed by atoms with van der Waals surface area (Å²) in [4.78, 5) is 3.67. The second-order valence-electron chi connectivity index (χ2n) is 4.17. The van der Waals surface area contributed by atoms with Gasteiger partial charge >= 0.3 is 0 Å². The molecule has 18 heavy (non-hydrogen) atoms. The predicted molar refractivity (Wildman–Crippen MR) is 85.2 cm³/mol. The summed E-state index contributed by atoms with van der Waals surface area (Å²) in [6.07, 6.45) is 0. The van der Waals surface area contributed by atoms with E-state index in [4.69, 9.17) is 12.2 Å². The minimum absolute atomic E-state index is 0.136. The van der Waals surface area contributed by atoms with Crippen molar-refractivity contribution in [3.8, 4) is 0 Å². The standard InChI is InChI=1S/C10H22N6S2/c1-7(11-13-9(17)15(3)4)8(2)12-14-10(18)16(5)6/h9,13,17H,1-6H3,(H,14,18)/b11-7+,12-8+. The number of hydrazone groups is 2. The van der Waals surface area contributed by atoms with Crippen molar-refractivity contribution in [1.82, 2.24) is 20.7 Å². The molecular weight excluding hydrogens is 268 g/mol. The first-order valence-corrected chi connectivity index (χ1v) is 6.34. The highest BCUT2D eigenvalue weighted by Gasteiger charge is 2.03. The van der Waals surface area contributed by atoms with Crippen LogP contribution in [0.5, 0.6) is 0 Å². The van der Waals surface area contributed by atoms with Gasteiger partial charge in [-0.05, 0) is 40.2 Å². The zero-order valence-corrected chi connectivity index (χ0v) is 13.4. The Morgan fingerprint density at radius 1 is 1.11 bits per heavy atom. The number of nitrogens with zero attached hydrogens (tertiary/aromatic N) is 4. The molecule has 6 nitrogen and oxygen atoms in total. The molecule has 0 aromatic heterocycles. The lowest BCUT2D eigenvalue weighted by atomic mass is 10.3. The van der Waals surface area contributed by atoms with E-state index in [1.165, 1.54) is 0 Å². The number of hydrogen-bond acceptors (Lipinski definition) is 6. The summed E-state index contributed by atoms with van der Waals surface area (Å²) in [5.74, 6) is 0. The van der Waals surface area contributed by atoms with Crippen molar-refractivity contribution in [2.24, 2.45) is 10.2 Å². The molecule has 0 saturated heterocycles. The summed E-state index contributed by atoms with van der Waals surface area (Å²) in [6, 6.07) is 0. The first-order chi connectivity index (χ1) is 8.25. The molecule has 0 heterocycles. The molecule has 0 spiro atoms.